The molecule has 4 N–H and O–H groups in total. The number of rotatable bonds is 10. The number of carbonyl (C=O) groups is 2. The molecule has 1 atom stereocenters. The SMILES string of the molecule is CCCC[C@H](NC(=O)CCC(C)(C)CCN)C(=O)O. The monoisotopic (exact) mass is 272 g/mol. The van der Waals surface area contributed by atoms with Gasteiger partial charge in [0.1, 0.15) is 6.04 Å². The Balaban J connectivity index is 4.16. The van der Waals surface area contributed by atoms with Crippen LogP contribution in [0, 0.1) is 5.41 Å². The largest absolute Gasteiger partial charge is 0.480 e. The predicted molar refractivity (Wildman–Crippen MR) is 75.8 cm³/mol. The van der Waals surface area contributed by atoms with Crippen molar-refractivity contribution < 1.29 is 14.7 Å². The van der Waals surface area contributed by atoms with Crippen LogP contribution in [0.3, 0.4) is 0 Å². The van der Waals surface area contributed by atoms with Gasteiger partial charge in [-0.2, -0.15) is 0 Å². The number of nitrogens with two attached hydrogens (primary N) is 1. The zero-order chi connectivity index (χ0) is 14.9. The fourth-order valence-corrected chi connectivity index (χ4v) is 1.90. The van der Waals surface area contributed by atoms with E-state index >= 15 is 0 Å². The minimum Gasteiger partial charge on any atom is -0.480 e. The quantitative estimate of drug-likeness (QED) is 0.566. The summed E-state index contributed by atoms with van der Waals surface area (Å²) < 4.78 is 0. The lowest BCUT2D eigenvalue weighted by molar-refractivity contribution is -0.142. The third-order valence-electron chi connectivity index (χ3n) is 3.33. The van der Waals surface area contributed by atoms with E-state index in [0.717, 1.165) is 25.7 Å². The average molecular weight is 272 g/mol. The van der Waals surface area contributed by atoms with Crippen molar-refractivity contribution in [2.45, 2.75) is 65.3 Å². The van der Waals surface area contributed by atoms with Gasteiger partial charge in [0.15, 0.2) is 0 Å². The van der Waals surface area contributed by atoms with E-state index in [4.69, 9.17) is 10.8 Å². The third-order valence-corrected chi connectivity index (χ3v) is 3.33. The molecule has 5 heteroatoms. The topological polar surface area (TPSA) is 92.4 Å². The Kier molecular flexibility index (Phi) is 8.39. The molecule has 5 nitrogen and oxygen atoms in total. The number of hydrogen-bond acceptors (Lipinski definition) is 3. The zero-order valence-corrected chi connectivity index (χ0v) is 12.4. The van der Waals surface area contributed by atoms with Gasteiger partial charge in [0.25, 0.3) is 0 Å². The molecule has 0 bridgehead atoms. The summed E-state index contributed by atoms with van der Waals surface area (Å²) in [6.07, 6.45) is 4.14. The third kappa shape index (κ3) is 8.59. The number of carbonyl (C=O) groups excluding carboxylic acids is 1. The van der Waals surface area contributed by atoms with Crippen molar-refractivity contribution >= 4 is 11.9 Å². The lowest BCUT2D eigenvalue weighted by atomic mass is 9.84. The molecule has 0 unspecified atom stereocenters. The molecule has 0 fully saturated rings. The molecular weight excluding hydrogens is 244 g/mol. The van der Waals surface area contributed by atoms with Gasteiger partial charge in [0.2, 0.25) is 5.91 Å². The molecule has 112 valence electrons. The Morgan fingerprint density at radius 3 is 2.42 bits per heavy atom. The molecule has 19 heavy (non-hydrogen) atoms. The van der Waals surface area contributed by atoms with Crippen LogP contribution in [-0.4, -0.2) is 29.6 Å². The van der Waals surface area contributed by atoms with Crippen molar-refractivity contribution in [1.82, 2.24) is 5.32 Å². The minimum atomic E-state index is -0.956. The first kappa shape index (κ1) is 17.9. The average Bonchev–Trinajstić information content (AvgIpc) is 2.31. The van der Waals surface area contributed by atoms with Crippen LogP contribution in [0.2, 0.25) is 0 Å². The number of carboxylic acids is 1. The van der Waals surface area contributed by atoms with E-state index in [-0.39, 0.29) is 11.3 Å². The Morgan fingerprint density at radius 1 is 1.32 bits per heavy atom. The van der Waals surface area contributed by atoms with Crippen LogP contribution in [0.4, 0.5) is 0 Å². The van der Waals surface area contributed by atoms with Crippen molar-refractivity contribution in [3.63, 3.8) is 0 Å². The number of nitrogens with one attached hydrogen (secondary N) is 1. The van der Waals surface area contributed by atoms with E-state index in [1.165, 1.54) is 0 Å². The summed E-state index contributed by atoms with van der Waals surface area (Å²) in [5, 5.41) is 11.6. The second-order valence-electron chi connectivity index (χ2n) is 5.80. The fourth-order valence-electron chi connectivity index (χ4n) is 1.90. The predicted octanol–water partition coefficient (Wildman–Crippen LogP) is 1.90. The molecule has 1 amide bonds. The molecular formula is C14H28N2O3. The Labute approximate surface area is 115 Å². The van der Waals surface area contributed by atoms with Crippen LogP contribution in [0.5, 0.6) is 0 Å². The van der Waals surface area contributed by atoms with Gasteiger partial charge in [-0.1, -0.05) is 33.6 Å². The highest BCUT2D eigenvalue weighted by atomic mass is 16.4. The first-order valence-electron chi connectivity index (χ1n) is 7.04. The molecule has 0 aromatic rings. The summed E-state index contributed by atoms with van der Waals surface area (Å²) in [5.41, 5.74) is 5.54. The Hall–Kier alpha value is -1.10. The first-order chi connectivity index (χ1) is 8.82. The van der Waals surface area contributed by atoms with E-state index in [0.29, 0.717) is 19.4 Å². The second kappa shape index (κ2) is 8.91. The lowest BCUT2D eigenvalue weighted by Crippen LogP contribution is -2.41. The van der Waals surface area contributed by atoms with Gasteiger partial charge >= 0.3 is 5.97 Å². The highest BCUT2D eigenvalue weighted by Crippen LogP contribution is 2.25. The lowest BCUT2D eigenvalue weighted by Gasteiger charge is -2.23. The standard InChI is InChI=1S/C14H28N2O3/c1-4-5-6-11(13(18)19)16-12(17)7-8-14(2,3)9-10-15/h11H,4-10,15H2,1-3H3,(H,16,17)(H,18,19)/t11-/m0/s1. The van der Waals surface area contributed by atoms with Crippen molar-refractivity contribution in [2.75, 3.05) is 6.54 Å². The normalized spacial score (nSPS) is 13.1. The van der Waals surface area contributed by atoms with Crippen molar-refractivity contribution in [3.8, 4) is 0 Å². The summed E-state index contributed by atoms with van der Waals surface area (Å²) in [6, 6.07) is -0.759. The van der Waals surface area contributed by atoms with Crippen molar-refractivity contribution in [1.29, 1.82) is 0 Å². The van der Waals surface area contributed by atoms with Crippen molar-refractivity contribution in [2.24, 2.45) is 11.1 Å². The maximum absolute atomic E-state index is 11.8. The molecule has 0 aliphatic carbocycles. The molecule has 0 rings (SSSR count). The zero-order valence-electron chi connectivity index (χ0n) is 12.4. The molecule has 0 aliphatic heterocycles. The summed E-state index contributed by atoms with van der Waals surface area (Å²) in [7, 11) is 0. The van der Waals surface area contributed by atoms with Gasteiger partial charge in [-0.3, -0.25) is 4.79 Å². The molecule has 0 saturated heterocycles. The summed E-state index contributed by atoms with van der Waals surface area (Å²) in [5.74, 6) is -1.14. The minimum absolute atomic E-state index is 0.0221. The Bertz CT molecular complexity index is 290. The van der Waals surface area contributed by atoms with E-state index < -0.39 is 12.0 Å². The molecule has 0 aromatic heterocycles. The molecule has 0 radical (unpaired) electrons. The van der Waals surface area contributed by atoms with Crippen LogP contribution in [0.15, 0.2) is 0 Å². The van der Waals surface area contributed by atoms with Crippen molar-refractivity contribution in [3.05, 3.63) is 0 Å². The first-order valence-corrected chi connectivity index (χ1v) is 7.04. The van der Waals surface area contributed by atoms with Gasteiger partial charge in [0.05, 0.1) is 0 Å². The van der Waals surface area contributed by atoms with Gasteiger partial charge in [-0.15, -0.1) is 0 Å². The summed E-state index contributed by atoms with van der Waals surface area (Å²) in [4.78, 5) is 22.8. The number of carboxylic acid groups (broad SMARTS) is 1. The number of unbranched alkanes of at least 4 members (excludes halogenated alkanes) is 1. The molecule has 0 heterocycles. The fraction of sp³-hybridized carbons (Fsp3) is 0.857. The molecule has 0 aliphatic rings. The second-order valence-corrected chi connectivity index (χ2v) is 5.80. The maximum atomic E-state index is 11.8. The molecule has 0 spiro atoms. The number of amides is 1. The highest BCUT2D eigenvalue weighted by Gasteiger charge is 2.22. The van der Waals surface area contributed by atoms with E-state index in [2.05, 4.69) is 19.2 Å². The molecule has 0 saturated carbocycles. The van der Waals surface area contributed by atoms with Gasteiger partial charge in [-0.05, 0) is 31.2 Å². The highest BCUT2D eigenvalue weighted by molar-refractivity contribution is 5.83. The van der Waals surface area contributed by atoms with Gasteiger partial charge < -0.3 is 16.2 Å². The molecule has 0 aromatic carbocycles. The van der Waals surface area contributed by atoms with E-state index in [1.54, 1.807) is 0 Å². The van der Waals surface area contributed by atoms with Gasteiger partial charge in [0, 0.05) is 6.42 Å². The van der Waals surface area contributed by atoms with Crippen LogP contribution >= 0.6 is 0 Å². The van der Waals surface area contributed by atoms with Crippen LogP contribution < -0.4 is 11.1 Å². The van der Waals surface area contributed by atoms with E-state index in [1.807, 2.05) is 6.92 Å². The van der Waals surface area contributed by atoms with Crippen LogP contribution in [0.25, 0.3) is 0 Å². The number of hydrogen-bond donors (Lipinski definition) is 3. The Morgan fingerprint density at radius 2 is 1.95 bits per heavy atom. The van der Waals surface area contributed by atoms with Crippen LogP contribution in [0.1, 0.15) is 59.3 Å². The van der Waals surface area contributed by atoms with Gasteiger partial charge in [-0.25, -0.2) is 4.79 Å². The maximum Gasteiger partial charge on any atom is 0.326 e. The van der Waals surface area contributed by atoms with Crippen LogP contribution in [-0.2, 0) is 9.59 Å². The van der Waals surface area contributed by atoms with E-state index in [9.17, 15) is 9.59 Å². The summed E-state index contributed by atoms with van der Waals surface area (Å²) >= 11 is 0. The number of aliphatic carboxylic acids is 1. The summed E-state index contributed by atoms with van der Waals surface area (Å²) in [6.45, 7) is 6.73. The smallest absolute Gasteiger partial charge is 0.326 e.